The fraction of sp³-hybridized carbons (Fsp3) is 0.562. The predicted molar refractivity (Wildman–Crippen MR) is 79.6 cm³/mol. The van der Waals surface area contributed by atoms with Gasteiger partial charge < -0.3 is 10.5 Å². The first-order valence-corrected chi connectivity index (χ1v) is 7.32. The van der Waals surface area contributed by atoms with Crippen molar-refractivity contribution in [3.8, 4) is 5.75 Å². The lowest BCUT2D eigenvalue weighted by atomic mass is 9.92. The number of halogens is 1. The van der Waals surface area contributed by atoms with Gasteiger partial charge in [-0.3, -0.25) is 10.1 Å². The molecule has 116 valence electrons. The second-order valence-electron chi connectivity index (χ2n) is 6.08. The topological polar surface area (TPSA) is 64.3 Å². The average molecular weight is 294 g/mol. The maximum absolute atomic E-state index is 14.0. The van der Waals surface area contributed by atoms with Crippen LogP contribution < -0.4 is 15.8 Å². The molecule has 1 atom stereocenters. The van der Waals surface area contributed by atoms with E-state index in [1.165, 1.54) is 0 Å². The summed E-state index contributed by atoms with van der Waals surface area (Å²) in [6, 6.07) is 5.06. The summed E-state index contributed by atoms with van der Waals surface area (Å²) in [5, 5.41) is 3.24. The molecule has 5 heteroatoms. The predicted octanol–water partition coefficient (Wildman–Crippen LogP) is 2.15. The minimum Gasteiger partial charge on any atom is -0.488 e. The first kappa shape index (κ1) is 15.8. The second-order valence-corrected chi connectivity index (χ2v) is 6.08. The summed E-state index contributed by atoms with van der Waals surface area (Å²) >= 11 is 0. The van der Waals surface area contributed by atoms with Crippen molar-refractivity contribution in [2.75, 3.05) is 6.61 Å². The molecule has 1 aliphatic rings. The lowest BCUT2D eigenvalue weighted by Crippen LogP contribution is -2.62. The van der Waals surface area contributed by atoms with Gasteiger partial charge in [0.25, 0.3) is 0 Å². The molecule has 1 aromatic rings. The Labute approximate surface area is 124 Å². The molecule has 0 aliphatic heterocycles. The Morgan fingerprint density at radius 2 is 2.19 bits per heavy atom. The van der Waals surface area contributed by atoms with E-state index in [0.29, 0.717) is 5.56 Å². The maximum atomic E-state index is 14.0. The molecule has 4 nitrogen and oxygen atoms in total. The van der Waals surface area contributed by atoms with Gasteiger partial charge in [-0.25, -0.2) is 4.39 Å². The number of aryl methyl sites for hydroxylation is 1. The minimum atomic E-state index is -0.926. The maximum Gasteiger partial charge on any atom is 0.241 e. The van der Waals surface area contributed by atoms with Gasteiger partial charge >= 0.3 is 0 Å². The van der Waals surface area contributed by atoms with Crippen molar-refractivity contribution in [3.63, 3.8) is 0 Å². The Morgan fingerprint density at radius 1 is 1.52 bits per heavy atom. The molecule has 21 heavy (non-hydrogen) atoms. The van der Waals surface area contributed by atoms with Crippen LogP contribution in [0.1, 0.15) is 32.3 Å². The van der Waals surface area contributed by atoms with Gasteiger partial charge in [-0.05, 0) is 51.2 Å². The number of rotatable bonds is 7. The number of nitrogens with two attached hydrogens (primary N) is 1. The zero-order chi connectivity index (χ0) is 15.6. The number of nitrogens with one attached hydrogen (secondary N) is 1. The first-order valence-electron chi connectivity index (χ1n) is 7.32. The number of hydrogen-bond donors (Lipinski definition) is 2. The van der Waals surface area contributed by atoms with E-state index < -0.39 is 17.3 Å². The number of hydrogen-bond acceptors (Lipinski definition) is 3. The van der Waals surface area contributed by atoms with Crippen molar-refractivity contribution in [1.82, 2.24) is 5.32 Å². The smallest absolute Gasteiger partial charge is 0.241 e. The zero-order valence-electron chi connectivity index (χ0n) is 12.8. The normalized spacial score (nSPS) is 17.6. The molecule has 0 spiro atoms. The van der Waals surface area contributed by atoms with E-state index in [1.54, 1.807) is 25.1 Å². The van der Waals surface area contributed by atoms with Crippen LogP contribution >= 0.6 is 0 Å². The van der Waals surface area contributed by atoms with Gasteiger partial charge in [0.2, 0.25) is 5.91 Å². The minimum absolute atomic E-state index is 0.0472. The molecule has 0 heterocycles. The van der Waals surface area contributed by atoms with E-state index in [2.05, 4.69) is 5.32 Å². The van der Waals surface area contributed by atoms with Crippen LogP contribution in [-0.2, 0) is 4.79 Å². The highest BCUT2D eigenvalue weighted by atomic mass is 19.1. The standard InChI is InChI=1S/C16H23FN2O2/c1-10(2)19-16(15(18)20,12-7-8-12)9-21-13-6-4-5-11(3)14(13)17/h4-6,10,12,19H,7-9H2,1-3H3,(H2,18,20). The van der Waals surface area contributed by atoms with E-state index in [-0.39, 0.29) is 24.3 Å². The Kier molecular flexibility index (Phi) is 4.52. The lowest BCUT2D eigenvalue weighted by Gasteiger charge is -2.33. The van der Waals surface area contributed by atoms with Gasteiger partial charge in [0, 0.05) is 6.04 Å². The Morgan fingerprint density at radius 3 is 2.71 bits per heavy atom. The highest BCUT2D eigenvalue weighted by Gasteiger charge is 2.51. The van der Waals surface area contributed by atoms with Gasteiger partial charge in [0.1, 0.15) is 12.1 Å². The summed E-state index contributed by atoms with van der Waals surface area (Å²) in [6.45, 7) is 5.63. The Balaban J connectivity index is 2.19. The summed E-state index contributed by atoms with van der Waals surface area (Å²) in [4.78, 5) is 12.0. The number of amides is 1. The molecule has 0 bridgehead atoms. The van der Waals surface area contributed by atoms with Crippen molar-refractivity contribution in [1.29, 1.82) is 0 Å². The number of benzene rings is 1. The highest BCUT2D eigenvalue weighted by Crippen LogP contribution is 2.40. The van der Waals surface area contributed by atoms with Crippen LogP contribution in [0.25, 0.3) is 0 Å². The third-order valence-electron chi connectivity index (χ3n) is 3.87. The molecule has 1 amide bonds. The quantitative estimate of drug-likeness (QED) is 0.810. The number of carbonyl (C=O) groups is 1. The van der Waals surface area contributed by atoms with Gasteiger partial charge in [-0.15, -0.1) is 0 Å². The van der Waals surface area contributed by atoms with Crippen molar-refractivity contribution in [2.24, 2.45) is 11.7 Å². The molecule has 0 saturated heterocycles. The van der Waals surface area contributed by atoms with Crippen molar-refractivity contribution in [2.45, 2.75) is 45.2 Å². The van der Waals surface area contributed by atoms with Gasteiger partial charge in [0.15, 0.2) is 11.6 Å². The molecular formula is C16H23FN2O2. The fourth-order valence-corrected chi connectivity index (χ4v) is 2.64. The molecule has 1 saturated carbocycles. The van der Waals surface area contributed by atoms with Crippen LogP contribution in [0.4, 0.5) is 4.39 Å². The summed E-state index contributed by atoms with van der Waals surface area (Å²) in [5.74, 6) is -0.514. The summed E-state index contributed by atoms with van der Waals surface area (Å²) < 4.78 is 19.6. The summed E-state index contributed by atoms with van der Waals surface area (Å²) in [6.07, 6.45) is 1.87. The van der Waals surface area contributed by atoms with Crippen molar-refractivity contribution in [3.05, 3.63) is 29.6 Å². The van der Waals surface area contributed by atoms with Crippen LogP contribution in [0.5, 0.6) is 5.75 Å². The van der Waals surface area contributed by atoms with Crippen molar-refractivity contribution < 1.29 is 13.9 Å². The second kappa shape index (κ2) is 6.02. The molecular weight excluding hydrogens is 271 g/mol. The largest absolute Gasteiger partial charge is 0.488 e. The molecule has 1 unspecified atom stereocenters. The molecule has 1 fully saturated rings. The monoisotopic (exact) mass is 294 g/mol. The third-order valence-corrected chi connectivity index (χ3v) is 3.87. The van der Waals surface area contributed by atoms with E-state index >= 15 is 0 Å². The molecule has 2 rings (SSSR count). The van der Waals surface area contributed by atoms with E-state index in [1.807, 2.05) is 13.8 Å². The number of ether oxygens (including phenoxy) is 1. The van der Waals surface area contributed by atoms with Crippen LogP contribution in [-0.4, -0.2) is 24.1 Å². The van der Waals surface area contributed by atoms with Gasteiger partial charge in [-0.1, -0.05) is 12.1 Å². The van der Waals surface area contributed by atoms with Crippen LogP contribution in [0.3, 0.4) is 0 Å². The third kappa shape index (κ3) is 3.35. The van der Waals surface area contributed by atoms with Crippen LogP contribution in [0, 0.1) is 18.7 Å². The van der Waals surface area contributed by atoms with Crippen LogP contribution in [0.2, 0.25) is 0 Å². The zero-order valence-corrected chi connectivity index (χ0v) is 12.8. The van der Waals surface area contributed by atoms with Crippen molar-refractivity contribution >= 4 is 5.91 Å². The average Bonchev–Trinajstić information content (AvgIpc) is 3.22. The van der Waals surface area contributed by atoms with E-state index in [4.69, 9.17) is 10.5 Å². The molecule has 3 N–H and O–H groups in total. The number of carbonyl (C=O) groups excluding carboxylic acids is 1. The number of primary amides is 1. The Bertz CT molecular complexity index is 529. The van der Waals surface area contributed by atoms with Gasteiger partial charge in [-0.2, -0.15) is 0 Å². The van der Waals surface area contributed by atoms with Crippen LogP contribution in [0.15, 0.2) is 18.2 Å². The van der Waals surface area contributed by atoms with E-state index in [9.17, 15) is 9.18 Å². The SMILES string of the molecule is Cc1cccc(OCC(NC(C)C)(C(N)=O)C2CC2)c1F. The molecule has 1 aromatic carbocycles. The Hall–Kier alpha value is -1.62. The summed E-state index contributed by atoms with van der Waals surface area (Å²) in [5.41, 5.74) is 5.21. The fourth-order valence-electron chi connectivity index (χ4n) is 2.64. The first-order chi connectivity index (χ1) is 9.86. The molecule has 0 radical (unpaired) electrons. The van der Waals surface area contributed by atoms with Gasteiger partial charge in [0.05, 0.1) is 0 Å². The van der Waals surface area contributed by atoms with E-state index in [0.717, 1.165) is 12.8 Å². The highest BCUT2D eigenvalue weighted by molar-refractivity contribution is 5.86. The molecule has 1 aliphatic carbocycles. The lowest BCUT2D eigenvalue weighted by molar-refractivity contribution is -0.127. The summed E-state index contributed by atoms with van der Waals surface area (Å²) in [7, 11) is 0. The molecule has 0 aromatic heterocycles.